The molecule has 0 amide bonds. The second kappa shape index (κ2) is 3.02. The van der Waals surface area contributed by atoms with Gasteiger partial charge in [-0.25, -0.2) is 0 Å². The number of rotatable bonds is 1. The van der Waals surface area contributed by atoms with Crippen LogP contribution in [-0.2, 0) is 0 Å². The van der Waals surface area contributed by atoms with Gasteiger partial charge in [-0.1, -0.05) is 12.1 Å². The first-order chi connectivity index (χ1) is 6.70. The van der Waals surface area contributed by atoms with Crippen molar-refractivity contribution in [2.24, 2.45) is 0 Å². The van der Waals surface area contributed by atoms with E-state index in [-0.39, 0.29) is 5.69 Å². The molecule has 0 atom stereocenters. The normalized spacial score (nSPS) is 10.4. The van der Waals surface area contributed by atoms with Crippen LogP contribution in [0.3, 0.4) is 0 Å². The third kappa shape index (κ3) is 1.19. The van der Waals surface area contributed by atoms with Gasteiger partial charge in [-0.15, -0.1) is 5.10 Å². The molecule has 0 unspecified atom stereocenters. The Morgan fingerprint density at radius 1 is 1.43 bits per heavy atom. The number of nitrogens with zero attached hydrogens (tertiary/aromatic N) is 3. The van der Waals surface area contributed by atoms with E-state index in [9.17, 15) is 10.1 Å². The van der Waals surface area contributed by atoms with Crippen molar-refractivity contribution in [2.75, 3.05) is 0 Å². The van der Waals surface area contributed by atoms with Gasteiger partial charge in [0.2, 0.25) is 0 Å². The van der Waals surface area contributed by atoms with Crippen LogP contribution in [0, 0.1) is 17.0 Å². The highest BCUT2D eigenvalue weighted by Gasteiger charge is 2.13. The van der Waals surface area contributed by atoms with E-state index >= 15 is 0 Å². The molecule has 2 aromatic rings. The fraction of sp³-hybridized carbons (Fsp3) is 0.111. The minimum absolute atomic E-state index is 0.00120. The molecule has 0 spiro atoms. The van der Waals surface area contributed by atoms with Crippen molar-refractivity contribution < 1.29 is 4.92 Å². The zero-order valence-corrected chi connectivity index (χ0v) is 7.47. The Balaban J connectivity index is 2.88. The van der Waals surface area contributed by atoms with Crippen molar-refractivity contribution in [1.29, 1.82) is 0 Å². The molecule has 2 rings (SSSR count). The molecule has 14 heavy (non-hydrogen) atoms. The molecule has 0 fully saturated rings. The summed E-state index contributed by atoms with van der Waals surface area (Å²) in [5, 5.41) is 18.9. The molecule has 0 radical (unpaired) electrons. The van der Waals surface area contributed by atoms with Gasteiger partial charge >= 0.3 is 0 Å². The average Bonchev–Trinajstić information content (AvgIpc) is 2.17. The number of aryl methyl sites for hydroxylation is 1. The van der Waals surface area contributed by atoms with Crippen LogP contribution < -0.4 is 0 Å². The molecule has 70 valence electrons. The lowest BCUT2D eigenvalue weighted by atomic mass is 10.1. The Kier molecular flexibility index (Phi) is 1.85. The van der Waals surface area contributed by atoms with Crippen LogP contribution in [0.15, 0.2) is 24.4 Å². The standard InChI is InChI=1S/C9H7N3O2/c1-6-5-10-11-9-7(6)3-2-4-8(9)12(13)14/h2-5H,1H3. The first-order valence-electron chi connectivity index (χ1n) is 4.05. The smallest absolute Gasteiger partial charge is 0.258 e. The summed E-state index contributed by atoms with van der Waals surface area (Å²) in [7, 11) is 0. The maximum atomic E-state index is 10.7. The minimum Gasteiger partial charge on any atom is -0.258 e. The van der Waals surface area contributed by atoms with Gasteiger partial charge in [0.05, 0.1) is 11.1 Å². The average molecular weight is 189 g/mol. The summed E-state index contributed by atoms with van der Waals surface area (Å²) in [4.78, 5) is 10.2. The summed E-state index contributed by atoms with van der Waals surface area (Å²) >= 11 is 0. The summed E-state index contributed by atoms with van der Waals surface area (Å²) in [6.07, 6.45) is 1.59. The predicted molar refractivity (Wildman–Crippen MR) is 50.9 cm³/mol. The molecule has 5 heteroatoms. The highest BCUT2D eigenvalue weighted by Crippen LogP contribution is 2.24. The molecule has 1 aromatic carbocycles. The predicted octanol–water partition coefficient (Wildman–Crippen LogP) is 1.85. The van der Waals surface area contributed by atoms with Gasteiger partial charge in [-0.3, -0.25) is 10.1 Å². The number of aromatic nitrogens is 2. The number of nitro benzene ring substituents is 1. The molecule has 0 saturated carbocycles. The van der Waals surface area contributed by atoms with Crippen molar-refractivity contribution in [3.8, 4) is 0 Å². The number of nitro groups is 1. The Morgan fingerprint density at radius 2 is 2.21 bits per heavy atom. The SMILES string of the molecule is Cc1cnnc2c([N+](=O)[O-])cccc12. The molecule has 5 nitrogen and oxygen atoms in total. The first-order valence-corrected chi connectivity index (χ1v) is 4.05. The van der Waals surface area contributed by atoms with Crippen LogP contribution in [-0.4, -0.2) is 15.1 Å². The van der Waals surface area contributed by atoms with E-state index in [0.29, 0.717) is 5.52 Å². The van der Waals surface area contributed by atoms with E-state index in [1.54, 1.807) is 18.3 Å². The van der Waals surface area contributed by atoms with Gasteiger partial charge in [-0.05, 0) is 12.5 Å². The monoisotopic (exact) mass is 189 g/mol. The molecule has 1 heterocycles. The number of non-ortho nitro benzene ring substituents is 1. The molecule has 0 aliphatic carbocycles. The Morgan fingerprint density at radius 3 is 2.93 bits per heavy atom. The molecule has 0 aliphatic heterocycles. The van der Waals surface area contributed by atoms with E-state index in [2.05, 4.69) is 10.2 Å². The van der Waals surface area contributed by atoms with Crippen molar-refractivity contribution in [1.82, 2.24) is 10.2 Å². The van der Waals surface area contributed by atoms with Crippen molar-refractivity contribution in [3.05, 3.63) is 40.1 Å². The summed E-state index contributed by atoms with van der Waals surface area (Å²) < 4.78 is 0. The van der Waals surface area contributed by atoms with Gasteiger partial charge in [0, 0.05) is 11.5 Å². The van der Waals surface area contributed by atoms with Gasteiger partial charge in [-0.2, -0.15) is 5.10 Å². The van der Waals surface area contributed by atoms with Crippen molar-refractivity contribution >= 4 is 16.6 Å². The Bertz CT molecular complexity index is 510. The maximum absolute atomic E-state index is 10.7. The second-order valence-corrected chi connectivity index (χ2v) is 2.96. The van der Waals surface area contributed by atoms with E-state index in [0.717, 1.165) is 10.9 Å². The lowest BCUT2D eigenvalue weighted by Crippen LogP contribution is -1.94. The van der Waals surface area contributed by atoms with Crippen molar-refractivity contribution in [3.63, 3.8) is 0 Å². The molecular weight excluding hydrogens is 182 g/mol. The molecule has 0 aliphatic rings. The third-order valence-corrected chi connectivity index (χ3v) is 2.05. The minimum atomic E-state index is -0.448. The van der Waals surface area contributed by atoms with E-state index < -0.39 is 4.92 Å². The molecule has 0 bridgehead atoms. The lowest BCUT2D eigenvalue weighted by Gasteiger charge is -1.99. The molecular formula is C9H7N3O2. The second-order valence-electron chi connectivity index (χ2n) is 2.96. The summed E-state index contributed by atoms with van der Waals surface area (Å²) in [5.74, 6) is 0. The van der Waals surface area contributed by atoms with Gasteiger partial charge in [0.15, 0.2) is 5.52 Å². The van der Waals surface area contributed by atoms with Crippen LogP contribution in [0.2, 0.25) is 0 Å². The quantitative estimate of drug-likeness (QED) is 0.507. The number of fused-ring (bicyclic) bond motifs is 1. The zero-order valence-electron chi connectivity index (χ0n) is 7.47. The number of hydrogen-bond donors (Lipinski definition) is 0. The molecule has 1 aromatic heterocycles. The Hall–Kier alpha value is -2.04. The van der Waals surface area contributed by atoms with Crippen LogP contribution in [0.25, 0.3) is 10.9 Å². The Labute approximate surface area is 79.5 Å². The number of hydrogen-bond acceptors (Lipinski definition) is 4. The highest BCUT2D eigenvalue weighted by atomic mass is 16.6. The van der Waals surface area contributed by atoms with Gasteiger partial charge in [0.1, 0.15) is 0 Å². The largest absolute Gasteiger partial charge is 0.297 e. The fourth-order valence-electron chi connectivity index (χ4n) is 1.34. The van der Waals surface area contributed by atoms with Crippen LogP contribution in [0.5, 0.6) is 0 Å². The molecule has 0 N–H and O–H groups in total. The summed E-state index contributed by atoms with van der Waals surface area (Å²) in [6, 6.07) is 4.87. The zero-order chi connectivity index (χ0) is 10.1. The molecule has 0 saturated heterocycles. The summed E-state index contributed by atoms with van der Waals surface area (Å²) in [5.41, 5.74) is 1.23. The fourth-order valence-corrected chi connectivity index (χ4v) is 1.34. The highest BCUT2D eigenvalue weighted by molar-refractivity contribution is 5.88. The topological polar surface area (TPSA) is 68.9 Å². The summed E-state index contributed by atoms with van der Waals surface area (Å²) in [6.45, 7) is 1.85. The van der Waals surface area contributed by atoms with Crippen LogP contribution in [0.4, 0.5) is 5.69 Å². The van der Waals surface area contributed by atoms with Crippen LogP contribution >= 0.6 is 0 Å². The van der Waals surface area contributed by atoms with Crippen LogP contribution in [0.1, 0.15) is 5.56 Å². The van der Waals surface area contributed by atoms with Gasteiger partial charge in [0.25, 0.3) is 5.69 Å². The number of benzene rings is 1. The van der Waals surface area contributed by atoms with Gasteiger partial charge < -0.3 is 0 Å². The third-order valence-electron chi connectivity index (χ3n) is 2.05. The maximum Gasteiger partial charge on any atom is 0.297 e. The van der Waals surface area contributed by atoms with Crippen molar-refractivity contribution in [2.45, 2.75) is 6.92 Å². The lowest BCUT2D eigenvalue weighted by molar-refractivity contribution is -0.383. The van der Waals surface area contributed by atoms with E-state index in [4.69, 9.17) is 0 Å². The first kappa shape index (κ1) is 8.55. The van der Waals surface area contributed by atoms with E-state index in [1.165, 1.54) is 6.07 Å². The van der Waals surface area contributed by atoms with E-state index in [1.807, 2.05) is 6.92 Å².